The Morgan fingerprint density at radius 3 is 2.43 bits per heavy atom. The molecule has 2 aliphatic heterocycles. The highest BCUT2D eigenvalue weighted by Crippen LogP contribution is 2.34. The number of alkyl halides is 1. The van der Waals surface area contributed by atoms with Gasteiger partial charge in [-0.3, -0.25) is 4.79 Å². The Morgan fingerprint density at radius 2 is 1.74 bits per heavy atom. The third-order valence-electron chi connectivity index (χ3n) is 8.08. The van der Waals surface area contributed by atoms with Crippen LogP contribution in [0.1, 0.15) is 19.4 Å². The van der Waals surface area contributed by atoms with Crippen molar-refractivity contribution < 1.29 is 57.7 Å². The van der Waals surface area contributed by atoms with Crippen LogP contribution in [0, 0.1) is 5.82 Å². The molecule has 2 heterocycles. The van der Waals surface area contributed by atoms with Crippen molar-refractivity contribution in [2.24, 2.45) is 0 Å². The van der Waals surface area contributed by atoms with Crippen molar-refractivity contribution in [2.45, 2.75) is 75.1 Å². The number of nitrogen functional groups attached to an aromatic ring is 1. The quantitative estimate of drug-likeness (QED) is 0.130. The smallest absolute Gasteiger partial charge is 0.247 e. The van der Waals surface area contributed by atoms with Gasteiger partial charge >= 0.3 is 0 Å². The number of halogens is 3. The monoisotopic (exact) mass is 668 g/mol. The molecule has 0 unspecified atom stereocenters. The van der Waals surface area contributed by atoms with Crippen LogP contribution in [0.2, 0.25) is 5.02 Å². The van der Waals surface area contributed by atoms with E-state index in [1.165, 1.54) is 43.3 Å². The van der Waals surface area contributed by atoms with Crippen molar-refractivity contribution in [2.75, 3.05) is 19.1 Å². The van der Waals surface area contributed by atoms with Crippen molar-refractivity contribution in [1.29, 1.82) is 0 Å². The van der Waals surface area contributed by atoms with E-state index >= 15 is 0 Å². The lowest BCUT2D eigenvalue weighted by molar-refractivity contribution is -0.155. The molecule has 2 aromatic carbocycles. The van der Waals surface area contributed by atoms with E-state index in [-0.39, 0.29) is 41.2 Å². The molecular weight excluding hydrogens is 634 g/mol. The van der Waals surface area contributed by atoms with Gasteiger partial charge in [0.05, 0.1) is 11.7 Å². The van der Waals surface area contributed by atoms with Crippen LogP contribution in [0.5, 0.6) is 11.5 Å². The summed E-state index contributed by atoms with van der Waals surface area (Å²) < 4.78 is 56.1. The van der Waals surface area contributed by atoms with Crippen LogP contribution < -0.4 is 20.5 Å². The predicted octanol–water partition coefficient (Wildman–Crippen LogP) is 1.62. The fourth-order valence-corrected chi connectivity index (χ4v) is 5.65. The number of carbonyl (C=O) groups excluding carboxylic acids is 1. The number of ether oxygens (including phenoxy) is 5. The molecule has 3 fully saturated rings. The largest absolute Gasteiger partial charge is 0.486 e. The summed E-state index contributed by atoms with van der Waals surface area (Å²) in [7, 11) is 0. The Bertz CT molecular complexity index is 1500. The lowest BCUT2D eigenvalue weighted by Crippen LogP contribution is -2.67. The van der Waals surface area contributed by atoms with Gasteiger partial charge in [-0.15, -0.1) is 0 Å². The minimum Gasteiger partial charge on any atom is -0.486 e. The zero-order valence-electron chi connectivity index (χ0n) is 24.8. The maximum Gasteiger partial charge on any atom is 0.247 e. The lowest BCUT2D eigenvalue weighted by Gasteiger charge is -2.41. The number of aliphatic hydroxyl groups excluding tert-OH is 4. The molecule has 250 valence electrons. The molecule has 1 amide bonds. The number of anilines is 1. The molecule has 15 heteroatoms. The third-order valence-corrected chi connectivity index (χ3v) is 8.32. The van der Waals surface area contributed by atoms with Crippen LogP contribution in [0.25, 0.3) is 6.08 Å². The minimum absolute atomic E-state index is 0.0233. The molecule has 0 aromatic heterocycles. The number of benzene rings is 2. The Hall–Kier alpha value is -3.34. The fraction of sp³-hybridized carbons (Fsp3) is 0.452. The van der Waals surface area contributed by atoms with Gasteiger partial charge in [0.15, 0.2) is 17.7 Å². The number of amides is 1. The summed E-state index contributed by atoms with van der Waals surface area (Å²) in [6.07, 6.45) is -9.05. The predicted molar refractivity (Wildman–Crippen MR) is 160 cm³/mol. The Morgan fingerprint density at radius 1 is 1.04 bits per heavy atom. The normalized spacial score (nSPS) is 33.1. The van der Waals surface area contributed by atoms with Crippen LogP contribution in [0.15, 0.2) is 53.6 Å². The molecule has 46 heavy (non-hydrogen) atoms. The number of carbonyl (C=O) groups is 1. The number of rotatable bonds is 9. The molecule has 7 N–H and O–H groups in total. The van der Waals surface area contributed by atoms with E-state index in [0.717, 1.165) is 6.07 Å². The molecule has 3 aliphatic rings. The molecule has 10 atom stereocenters. The first-order valence-corrected chi connectivity index (χ1v) is 14.8. The summed E-state index contributed by atoms with van der Waals surface area (Å²) in [5.41, 5.74) is 7.33. The van der Waals surface area contributed by atoms with Gasteiger partial charge in [0.2, 0.25) is 12.2 Å². The maximum atomic E-state index is 15.0. The van der Waals surface area contributed by atoms with Crippen LogP contribution >= 0.6 is 11.6 Å². The number of fused-ring (bicyclic) bond motifs is 1. The van der Waals surface area contributed by atoms with Gasteiger partial charge in [-0.25, -0.2) is 8.78 Å². The molecule has 5 rings (SSSR count). The number of hydrogen-bond donors (Lipinski definition) is 6. The zero-order chi connectivity index (χ0) is 33.3. The number of nitrogens with one attached hydrogen (secondary N) is 1. The van der Waals surface area contributed by atoms with Gasteiger partial charge < -0.3 is 55.2 Å². The van der Waals surface area contributed by atoms with Crippen LogP contribution in [0.3, 0.4) is 0 Å². The van der Waals surface area contributed by atoms with Gasteiger partial charge in [-0.2, -0.15) is 0 Å². The zero-order valence-corrected chi connectivity index (χ0v) is 25.5. The summed E-state index contributed by atoms with van der Waals surface area (Å²) in [6, 6.07) is 7.22. The molecule has 1 aliphatic carbocycles. The van der Waals surface area contributed by atoms with Gasteiger partial charge in [0, 0.05) is 10.6 Å². The van der Waals surface area contributed by atoms with Gasteiger partial charge in [-0.05, 0) is 67.5 Å². The molecule has 2 aromatic rings. The molecule has 0 radical (unpaired) electrons. The highest BCUT2D eigenvalue weighted by Gasteiger charge is 2.53. The van der Waals surface area contributed by atoms with E-state index in [1.807, 2.05) is 0 Å². The fourth-order valence-electron chi connectivity index (χ4n) is 5.49. The number of nitrogens with two attached hydrogens (primary N) is 1. The number of aliphatic hydroxyl groups is 4. The molecule has 0 bridgehead atoms. The minimum atomic E-state index is -1.92. The summed E-state index contributed by atoms with van der Waals surface area (Å²) in [6.45, 7) is 2.87. The number of hydrogen-bond acceptors (Lipinski definition) is 11. The maximum absolute atomic E-state index is 15.0. The summed E-state index contributed by atoms with van der Waals surface area (Å²) in [5.74, 6) is -1.22. The van der Waals surface area contributed by atoms with Crippen molar-refractivity contribution in [3.8, 4) is 11.5 Å². The topological polar surface area (TPSA) is 182 Å². The Kier molecular flexibility index (Phi) is 10.5. The van der Waals surface area contributed by atoms with E-state index in [2.05, 4.69) is 5.32 Å². The second-order valence-corrected chi connectivity index (χ2v) is 11.7. The third kappa shape index (κ3) is 7.14. The van der Waals surface area contributed by atoms with E-state index in [4.69, 9.17) is 41.0 Å². The second-order valence-electron chi connectivity index (χ2n) is 11.3. The standard InChI is InChI=1S/C31H35ClF2N2O10/c1-13(7-8-42-19-6-4-16(32)11-17(19)33)27-23(37)21(34)31(46-27)45-20-5-3-15(10-18(20)35)9-14(2)30(41)36-22-24(38)26(40)29-28(25(22)39)43-12-44-29/h3-7,9-11,21-29,31,37-40H,8,12,35H2,1-2H3,(H,36,41)/t21-,22-,23+,24+,25-,26-,27-,28+,29-,31-/m1/s1. The highest BCUT2D eigenvalue weighted by atomic mass is 35.5. The molecule has 1 saturated carbocycles. The van der Waals surface area contributed by atoms with E-state index in [0.29, 0.717) is 11.1 Å². The van der Waals surface area contributed by atoms with Crippen molar-refractivity contribution in [3.05, 3.63) is 70.0 Å². The van der Waals surface area contributed by atoms with Gasteiger partial charge in [0.25, 0.3) is 0 Å². The molecule has 0 spiro atoms. The van der Waals surface area contributed by atoms with Crippen molar-refractivity contribution >= 4 is 29.3 Å². The molecule has 12 nitrogen and oxygen atoms in total. The first-order valence-electron chi connectivity index (χ1n) is 14.4. The first kappa shape index (κ1) is 34.0. The Balaban J connectivity index is 1.18. The van der Waals surface area contributed by atoms with Crippen molar-refractivity contribution in [1.82, 2.24) is 5.32 Å². The SMILES string of the molecule is CC(=Cc1ccc(O[C@@H]2O[C@H](C(C)=CCOc3ccc(Cl)cc3F)[C@@H](O)[C@H]2F)c(N)c1)C(=O)N[C@@H]1[C@H](O)[C@@H](O)[C@H]2OCO[C@H]2[C@@H]1O. The van der Waals surface area contributed by atoms with Crippen LogP contribution in [0.4, 0.5) is 14.5 Å². The van der Waals surface area contributed by atoms with Crippen LogP contribution in [-0.2, 0) is 19.0 Å². The van der Waals surface area contributed by atoms with Crippen LogP contribution in [-0.4, -0.2) is 101 Å². The van der Waals surface area contributed by atoms with E-state index in [1.54, 1.807) is 13.0 Å². The van der Waals surface area contributed by atoms with Crippen molar-refractivity contribution in [3.63, 3.8) is 0 Å². The Labute approximate surface area is 267 Å². The summed E-state index contributed by atoms with van der Waals surface area (Å²) >= 11 is 5.74. The second kappa shape index (κ2) is 14.2. The van der Waals surface area contributed by atoms with E-state index in [9.17, 15) is 34.0 Å². The lowest BCUT2D eigenvalue weighted by atomic mass is 9.83. The molecule has 2 saturated heterocycles. The first-order chi connectivity index (χ1) is 21.8. The van der Waals surface area contributed by atoms with Gasteiger partial charge in [0.1, 0.15) is 61.9 Å². The van der Waals surface area contributed by atoms with Gasteiger partial charge in [-0.1, -0.05) is 17.7 Å². The average Bonchev–Trinajstić information content (AvgIpc) is 3.62. The highest BCUT2D eigenvalue weighted by molar-refractivity contribution is 6.30. The molecular formula is C31H35ClF2N2O10. The summed E-state index contributed by atoms with van der Waals surface area (Å²) in [5, 5.41) is 44.6. The summed E-state index contributed by atoms with van der Waals surface area (Å²) in [4.78, 5) is 12.9. The average molecular weight is 669 g/mol. The van der Waals surface area contributed by atoms with E-state index < -0.39 is 73.0 Å².